The molecule has 0 saturated heterocycles. The molecule has 0 aliphatic heterocycles. The highest BCUT2D eigenvalue weighted by Crippen LogP contribution is 2.37. The highest BCUT2D eigenvalue weighted by molar-refractivity contribution is 9.10. The highest BCUT2D eigenvalue weighted by Gasteiger charge is 2.14. The standard InChI is InChI=1S/C16H26BrNO2/c1-5-12(6-2)10-20-16-14(17)8-13(7-11(3)18)9-15(16)19-4/h8-9,11-12H,5-7,10,18H2,1-4H3. The fourth-order valence-corrected chi connectivity index (χ4v) is 2.73. The lowest BCUT2D eigenvalue weighted by Crippen LogP contribution is -2.18. The number of benzene rings is 1. The van der Waals surface area contributed by atoms with Gasteiger partial charge < -0.3 is 15.2 Å². The molecule has 1 rings (SSSR count). The largest absolute Gasteiger partial charge is 0.493 e. The molecule has 0 fully saturated rings. The zero-order chi connectivity index (χ0) is 15.1. The zero-order valence-corrected chi connectivity index (χ0v) is 14.5. The van der Waals surface area contributed by atoms with E-state index in [9.17, 15) is 0 Å². The Morgan fingerprint density at radius 3 is 2.40 bits per heavy atom. The lowest BCUT2D eigenvalue weighted by atomic mass is 10.1. The van der Waals surface area contributed by atoms with Gasteiger partial charge in [-0.3, -0.25) is 0 Å². The molecule has 0 heterocycles. The Bertz CT molecular complexity index is 417. The lowest BCUT2D eigenvalue weighted by molar-refractivity contribution is 0.229. The molecule has 1 aromatic carbocycles. The van der Waals surface area contributed by atoms with Crippen molar-refractivity contribution < 1.29 is 9.47 Å². The summed E-state index contributed by atoms with van der Waals surface area (Å²) in [6.45, 7) is 7.09. The Balaban J connectivity index is 2.89. The van der Waals surface area contributed by atoms with Crippen LogP contribution in [0.25, 0.3) is 0 Å². The molecule has 0 aliphatic rings. The number of ether oxygens (including phenoxy) is 2. The number of hydrogen-bond acceptors (Lipinski definition) is 3. The summed E-state index contributed by atoms with van der Waals surface area (Å²) < 4.78 is 12.3. The van der Waals surface area contributed by atoms with Crippen LogP contribution >= 0.6 is 15.9 Å². The third-order valence-electron chi connectivity index (χ3n) is 3.46. The quantitative estimate of drug-likeness (QED) is 0.770. The molecule has 0 bridgehead atoms. The molecule has 0 saturated carbocycles. The van der Waals surface area contributed by atoms with Gasteiger partial charge in [0.15, 0.2) is 11.5 Å². The minimum Gasteiger partial charge on any atom is -0.493 e. The van der Waals surface area contributed by atoms with Gasteiger partial charge in [0.2, 0.25) is 0 Å². The number of hydrogen-bond donors (Lipinski definition) is 1. The van der Waals surface area contributed by atoms with Crippen LogP contribution in [0.15, 0.2) is 16.6 Å². The molecule has 4 heteroatoms. The molecule has 20 heavy (non-hydrogen) atoms. The van der Waals surface area contributed by atoms with Gasteiger partial charge in [0.25, 0.3) is 0 Å². The second-order valence-electron chi connectivity index (χ2n) is 5.28. The van der Waals surface area contributed by atoms with E-state index in [0.29, 0.717) is 12.5 Å². The molecule has 0 radical (unpaired) electrons. The summed E-state index contributed by atoms with van der Waals surface area (Å²) in [5, 5.41) is 0. The first-order valence-electron chi connectivity index (χ1n) is 7.26. The third-order valence-corrected chi connectivity index (χ3v) is 4.05. The summed E-state index contributed by atoms with van der Waals surface area (Å²) in [7, 11) is 1.67. The van der Waals surface area contributed by atoms with E-state index in [2.05, 4.69) is 35.8 Å². The van der Waals surface area contributed by atoms with Gasteiger partial charge in [-0.05, 0) is 52.9 Å². The first-order chi connectivity index (χ1) is 9.51. The van der Waals surface area contributed by atoms with E-state index in [1.54, 1.807) is 7.11 Å². The Kier molecular flexibility index (Phi) is 7.38. The summed E-state index contributed by atoms with van der Waals surface area (Å²) in [4.78, 5) is 0. The normalized spacial score (nSPS) is 12.6. The van der Waals surface area contributed by atoms with Crippen LogP contribution in [0.4, 0.5) is 0 Å². The van der Waals surface area contributed by atoms with E-state index in [0.717, 1.165) is 40.8 Å². The molecule has 2 N–H and O–H groups in total. The van der Waals surface area contributed by atoms with Gasteiger partial charge in [0, 0.05) is 6.04 Å². The Morgan fingerprint density at radius 2 is 1.90 bits per heavy atom. The Labute approximate surface area is 131 Å². The van der Waals surface area contributed by atoms with Crippen LogP contribution in [0, 0.1) is 5.92 Å². The van der Waals surface area contributed by atoms with Crippen molar-refractivity contribution in [1.82, 2.24) is 0 Å². The number of nitrogens with two attached hydrogens (primary N) is 1. The van der Waals surface area contributed by atoms with Gasteiger partial charge in [-0.25, -0.2) is 0 Å². The monoisotopic (exact) mass is 343 g/mol. The summed E-state index contributed by atoms with van der Waals surface area (Å²) in [5.74, 6) is 2.13. The molecule has 0 amide bonds. The molecule has 0 aliphatic carbocycles. The molecule has 1 unspecified atom stereocenters. The fraction of sp³-hybridized carbons (Fsp3) is 0.625. The zero-order valence-electron chi connectivity index (χ0n) is 12.9. The summed E-state index contributed by atoms with van der Waals surface area (Å²) >= 11 is 3.58. The first-order valence-corrected chi connectivity index (χ1v) is 8.05. The van der Waals surface area contributed by atoms with Crippen LogP contribution in [-0.2, 0) is 6.42 Å². The van der Waals surface area contributed by atoms with E-state index >= 15 is 0 Å². The van der Waals surface area contributed by atoms with Crippen molar-refractivity contribution in [3.63, 3.8) is 0 Å². The lowest BCUT2D eigenvalue weighted by Gasteiger charge is -2.18. The Morgan fingerprint density at radius 1 is 1.25 bits per heavy atom. The summed E-state index contributed by atoms with van der Waals surface area (Å²) in [6.07, 6.45) is 3.07. The number of halogens is 1. The van der Waals surface area contributed by atoms with Crippen LogP contribution < -0.4 is 15.2 Å². The van der Waals surface area contributed by atoms with Gasteiger partial charge >= 0.3 is 0 Å². The molecule has 0 spiro atoms. The van der Waals surface area contributed by atoms with Crippen molar-refractivity contribution in [2.75, 3.05) is 13.7 Å². The van der Waals surface area contributed by atoms with Gasteiger partial charge in [0.05, 0.1) is 18.2 Å². The smallest absolute Gasteiger partial charge is 0.175 e. The Hall–Kier alpha value is -0.740. The molecule has 0 aromatic heterocycles. The van der Waals surface area contributed by atoms with Gasteiger partial charge in [-0.1, -0.05) is 26.7 Å². The highest BCUT2D eigenvalue weighted by atomic mass is 79.9. The molecule has 3 nitrogen and oxygen atoms in total. The second-order valence-corrected chi connectivity index (χ2v) is 6.14. The molecule has 114 valence electrons. The van der Waals surface area contributed by atoms with E-state index in [1.807, 2.05) is 13.0 Å². The summed E-state index contributed by atoms with van der Waals surface area (Å²) in [5.41, 5.74) is 7.00. The van der Waals surface area contributed by atoms with Crippen LogP contribution in [0.5, 0.6) is 11.5 Å². The second kappa shape index (κ2) is 8.53. The average molecular weight is 344 g/mol. The fourth-order valence-electron chi connectivity index (χ4n) is 2.13. The van der Waals surface area contributed by atoms with Crippen molar-refractivity contribution in [3.8, 4) is 11.5 Å². The maximum atomic E-state index is 5.96. The SMILES string of the molecule is CCC(CC)COc1c(Br)cc(CC(C)N)cc1OC. The molecule has 1 aromatic rings. The maximum Gasteiger partial charge on any atom is 0.175 e. The van der Waals surface area contributed by atoms with Crippen LogP contribution in [0.2, 0.25) is 0 Å². The van der Waals surface area contributed by atoms with E-state index < -0.39 is 0 Å². The van der Waals surface area contributed by atoms with Crippen molar-refractivity contribution in [2.24, 2.45) is 11.7 Å². The number of methoxy groups -OCH3 is 1. The van der Waals surface area contributed by atoms with Crippen molar-refractivity contribution in [1.29, 1.82) is 0 Å². The average Bonchev–Trinajstić information content (AvgIpc) is 2.40. The van der Waals surface area contributed by atoms with E-state index in [4.69, 9.17) is 15.2 Å². The number of rotatable bonds is 8. The molecule has 1 atom stereocenters. The first kappa shape index (κ1) is 17.3. The van der Waals surface area contributed by atoms with Crippen LogP contribution in [0.1, 0.15) is 39.2 Å². The van der Waals surface area contributed by atoms with Crippen molar-refractivity contribution in [2.45, 2.75) is 46.1 Å². The van der Waals surface area contributed by atoms with Crippen molar-refractivity contribution >= 4 is 15.9 Å². The van der Waals surface area contributed by atoms with Crippen molar-refractivity contribution in [3.05, 3.63) is 22.2 Å². The van der Waals surface area contributed by atoms with Gasteiger partial charge in [-0.2, -0.15) is 0 Å². The third kappa shape index (κ3) is 4.98. The van der Waals surface area contributed by atoms with E-state index in [1.165, 1.54) is 0 Å². The predicted molar refractivity (Wildman–Crippen MR) is 87.6 cm³/mol. The van der Waals surface area contributed by atoms with Gasteiger partial charge in [0.1, 0.15) is 0 Å². The van der Waals surface area contributed by atoms with Crippen LogP contribution in [0.3, 0.4) is 0 Å². The minimum absolute atomic E-state index is 0.128. The van der Waals surface area contributed by atoms with Gasteiger partial charge in [-0.15, -0.1) is 0 Å². The molecular formula is C16H26BrNO2. The predicted octanol–water partition coefficient (Wildman–Crippen LogP) is 4.16. The topological polar surface area (TPSA) is 44.5 Å². The minimum atomic E-state index is 0.128. The summed E-state index contributed by atoms with van der Waals surface area (Å²) in [6, 6.07) is 4.20. The van der Waals surface area contributed by atoms with Crippen LogP contribution in [-0.4, -0.2) is 19.8 Å². The maximum absolute atomic E-state index is 5.96. The van der Waals surface area contributed by atoms with E-state index in [-0.39, 0.29) is 6.04 Å². The molecular weight excluding hydrogens is 318 g/mol.